The number of H-pyrrole nitrogens is 1. The van der Waals surface area contributed by atoms with Crippen LogP contribution in [0.15, 0.2) is 41.3 Å². The van der Waals surface area contributed by atoms with Crippen LogP contribution in [0, 0.1) is 0 Å². The molecule has 2 aromatic rings. The van der Waals surface area contributed by atoms with E-state index in [9.17, 15) is 14.4 Å². The first-order valence-electron chi connectivity index (χ1n) is 8.86. The van der Waals surface area contributed by atoms with E-state index < -0.39 is 18.2 Å². The second kappa shape index (κ2) is 8.53. The van der Waals surface area contributed by atoms with Crippen LogP contribution in [0.3, 0.4) is 0 Å². The molecule has 0 saturated carbocycles. The van der Waals surface area contributed by atoms with Crippen molar-refractivity contribution in [3.63, 3.8) is 0 Å². The van der Waals surface area contributed by atoms with Crippen LogP contribution in [0.2, 0.25) is 0 Å². The van der Waals surface area contributed by atoms with Crippen molar-refractivity contribution in [2.45, 2.75) is 38.9 Å². The van der Waals surface area contributed by atoms with Gasteiger partial charge in [-0.1, -0.05) is 30.3 Å². The monoisotopic (exact) mass is 371 g/mol. The Kier molecular flexibility index (Phi) is 5.90. The lowest BCUT2D eigenvalue weighted by atomic mass is 9.92. The molecule has 142 valence electrons. The minimum Gasteiger partial charge on any atom is -0.462 e. The van der Waals surface area contributed by atoms with Crippen LogP contribution in [0.4, 0.5) is 4.79 Å². The summed E-state index contributed by atoms with van der Waals surface area (Å²) in [7, 11) is 0. The number of esters is 1. The first-order chi connectivity index (χ1) is 13.1. The highest BCUT2D eigenvalue weighted by atomic mass is 16.7. The summed E-state index contributed by atoms with van der Waals surface area (Å²) in [6, 6.07) is 9.29. The zero-order valence-corrected chi connectivity index (χ0v) is 15.0. The summed E-state index contributed by atoms with van der Waals surface area (Å²) in [6.07, 6.45) is 1.49. The van der Waals surface area contributed by atoms with Gasteiger partial charge in [-0.05, 0) is 25.3 Å². The highest BCUT2D eigenvalue weighted by molar-refractivity contribution is 5.89. The lowest BCUT2D eigenvalue weighted by Gasteiger charge is -2.24. The molecule has 7 nitrogen and oxygen atoms in total. The van der Waals surface area contributed by atoms with Crippen LogP contribution in [-0.2, 0) is 33.7 Å². The number of pyridine rings is 1. The number of hydrogen-bond acceptors (Lipinski definition) is 6. The maximum absolute atomic E-state index is 12.6. The van der Waals surface area contributed by atoms with Crippen molar-refractivity contribution in [1.82, 2.24) is 4.98 Å². The largest absolute Gasteiger partial charge is 0.508 e. The van der Waals surface area contributed by atoms with Gasteiger partial charge in [-0.2, -0.15) is 0 Å². The lowest BCUT2D eigenvalue weighted by Crippen LogP contribution is -2.32. The molecule has 1 unspecified atom stereocenters. The number of fused-ring (bicyclic) bond motifs is 1. The van der Waals surface area contributed by atoms with Gasteiger partial charge >= 0.3 is 12.1 Å². The molecule has 27 heavy (non-hydrogen) atoms. The average Bonchev–Trinajstić information content (AvgIpc) is 2.68. The molecule has 1 atom stereocenters. The third-order valence-corrected chi connectivity index (χ3v) is 4.38. The van der Waals surface area contributed by atoms with Crippen molar-refractivity contribution >= 4 is 12.1 Å². The van der Waals surface area contributed by atoms with Crippen LogP contribution < -0.4 is 5.43 Å². The minimum atomic E-state index is -0.773. The number of aromatic nitrogens is 1. The molecule has 3 rings (SSSR count). The van der Waals surface area contributed by atoms with Gasteiger partial charge in [0.1, 0.15) is 18.3 Å². The predicted octanol–water partition coefficient (Wildman–Crippen LogP) is 2.76. The second-order valence-corrected chi connectivity index (χ2v) is 6.22. The quantitative estimate of drug-likeness (QED) is 0.812. The van der Waals surface area contributed by atoms with Crippen molar-refractivity contribution in [3.05, 3.63) is 69.1 Å². The smallest absolute Gasteiger partial charge is 0.462 e. The maximum Gasteiger partial charge on any atom is 0.508 e. The molecule has 0 saturated heterocycles. The number of carbonyl (C=O) groups is 2. The summed E-state index contributed by atoms with van der Waals surface area (Å²) in [5, 5.41) is 0. The van der Waals surface area contributed by atoms with Gasteiger partial charge in [-0.15, -0.1) is 0 Å². The number of carbonyl (C=O) groups excluding carboxylic acids is 2. The van der Waals surface area contributed by atoms with Gasteiger partial charge in [0.05, 0.1) is 6.61 Å². The van der Waals surface area contributed by atoms with E-state index in [1.54, 1.807) is 6.92 Å². The molecule has 0 fully saturated rings. The predicted molar refractivity (Wildman–Crippen MR) is 96.5 cm³/mol. The average molecular weight is 371 g/mol. The second-order valence-electron chi connectivity index (χ2n) is 6.22. The Labute approximate surface area is 156 Å². The van der Waals surface area contributed by atoms with Gasteiger partial charge in [0.15, 0.2) is 5.43 Å². The molecule has 1 aliphatic carbocycles. The number of benzene rings is 1. The Morgan fingerprint density at radius 2 is 1.96 bits per heavy atom. The summed E-state index contributed by atoms with van der Waals surface area (Å²) >= 11 is 0. The van der Waals surface area contributed by atoms with E-state index in [1.807, 2.05) is 30.3 Å². The van der Waals surface area contributed by atoms with E-state index in [1.165, 1.54) is 6.20 Å². The SMILES string of the molecule is CCOC(=O)c1c[nH]c2c(c1=O)CC(OC(=O)OCc1ccccc1)CC2. The zero-order valence-electron chi connectivity index (χ0n) is 15.0. The Morgan fingerprint density at radius 1 is 1.19 bits per heavy atom. The molecule has 0 radical (unpaired) electrons. The fourth-order valence-corrected chi connectivity index (χ4v) is 3.03. The molecule has 1 aromatic carbocycles. The third-order valence-electron chi connectivity index (χ3n) is 4.38. The first kappa shape index (κ1) is 18.7. The molecule has 1 aliphatic rings. The summed E-state index contributed by atoms with van der Waals surface area (Å²) in [5.74, 6) is -0.660. The van der Waals surface area contributed by atoms with Gasteiger partial charge in [-0.3, -0.25) is 4.79 Å². The highest BCUT2D eigenvalue weighted by Crippen LogP contribution is 2.20. The highest BCUT2D eigenvalue weighted by Gasteiger charge is 2.27. The summed E-state index contributed by atoms with van der Waals surface area (Å²) < 4.78 is 15.4. The molecular weight excluding hydrogens is 350 g/mol. The molecule has 1 heterocycles. The molecule has 0 spiro atoms. The van der Waals surface area contributed by atoms with Crippen LogP contribution in [0.25, 0.3) is 0 Å². The number of hydrogen-bond donors (Lipinski definition) is 1. The van der Waals surface area contributed by atoms with E-state index in [2.05, 4.69) is 4.98 Å². The van der Waals surface area contributed by atoms with E-state index in [-0.39, 0.29) is 30.6 Å². The topological polar surface area (TPSA) is 94.7 Å². The van der Waals surface area contributed by atoms with Crippen molar-refractivity contribution in [1.29, 1.82) is 0 Å². The van der Waals surface area contributed by atoms with Crippen LogP contribution in [0.1, 0.15) is 40.5 Å². The van der Waals surface area contributed by atoms with Crippen molar-refractivity contribution in [3.8, 4) is 0 Å². The van der Waals surface area contributed by atoms with E-state index in [0.29, 0.717) is 18.4 Å². The number of nitrogens with one attached hydrogen (secondary N) is 1. The minimum absolute atomic E-state index is 0.0390. The fourth-order valence-electron chi connectivity index (χ4n) is 3.03. The van der Waals surface area contributed by atoms with Crippen molar-refractivity contribution < 1.29 is 23.8 Å². The molecular formula is C20H21NO6. The summed E-state index contributed by atoms with van der Waals surface area (Å²) in [4.78, 5) is 39.4. The number of aromatic amines is 1. The third kappa shape index (κ3) is 4.55. The summed E-state index contributed by atoms with van der Waals surface area (Å²) in [6.45, 7) is 1.99. The van der Waals surface area contributed by atoms with Crippen LogP contribution in [0.5, 0.6) is 0 Å². The molecule has 0 amide bonds. The Bertz CT molecular complexity index is 874. The standard InChI is InChI=1S/C20H21NO6/c1-2-25-19(23)16-11-21-17-9-8-14(10-15(17)18(16)22)27-20(24)26-12-13-6-4-3-5-7-13/h3-7,11,14H,2,8-10,12H2,1H3,(H,21,22). The van der Waals surface area contributed by atoms with Crippen molar-refractivity contribution in [2.75, 3.05) is 6.61 Å². The Balaban J connectivity index is 1.63. The van der Waals surface area contributed by atoms with Gasteiger partial charge in [0.25, 0.3) is 0 Å². The Hall–Kier alpha value is -3.09. The normalized spacial score (nSPS) is 15.5. The first-order valence-corrected chi connectivity index (χ1v) is 8.86. The van der Waals surface area contributed by atoms with E-state index in [0.717, 1.165) is 11.3 Å². The van der Waals surface area contributed by atoms with E-state index in [4.69, 9.17) is 14.2 Å². The maximum atomic E-state index is 12.6. The van der Waals surface area contributed by atoms with Gasteiger partial charge in [0.2, 0.25) is 0 Å². The molecule has 0 aliphatic heterocycles. The molecule has 7 heteroatoms. The number of ether oxygens (including phenoxy) is 3. The molecule has 1 N–H and O–H groups in total. The lowest BCUT2D eigenvalue weighted by molar-refractivity contribution is 0.0145. The summed E-state index contributed by atoms with van der Waals surface area (Å²) in [5.41, 5.74) is 1.65. The van der Waals surface area contributed by atoms with Gasteiger partial charge in [-0.25, -0.2) is 9.59 Å². The van der Waals surface area contributed by atoms with Crippen molar-refractivity contribution in [2.24, 2.45) is 0 Å². The van der Waals surface area contributed by atoms with Gasteiger partial charge in [0, 0.05) is 23.9 Å². The molecule has 1 aromatic heterocycles. The van der Waals surface area contributed by atoms with Gasteiger partial charge < -0.3 is 19.2 Å². The fraction of sp³-hybridized carbons (Fsp3) is 0.350. The molecule has 0 bridgehead atoms. The Morgan fingerprint density at radius 3 is 2.70 bits per heavy atom. The number of aryl methyl sites for hydroxylation is 1. The zero-order chi connectivity index (χ0) is 19.2. The number of rotatable bonds is 5. The van der Waals surface area contributed by atoms with E-state index >= 15 is 0 Å². The van der Waals surface area contributed by atoms with Crippen LogP contribution >= 0.6 is 0 Å². The van der Waals surface area contributed by atoms with Crippen LogP contribution in [-0.4, -0.2) is 29.8 Å².